The summed E-state index contributed by atoms with van der Waals surface area (Å²) >= 11 is 12.6. The van der Waals surface area contributed by atoms with Gasteiger partial charge in [0.25, 0.3) is 0 Å². The van der Waals surface area contributed by atoms with Gasteiger partial charge in [-0.2, -0.15) is 0 Å². The maximum absolute atomic E-state index is 12.8. The van der Waals surface area contributed by atoms with Crippen LogP contribution in [0.5, 0.6) is 11.5 Å². The topological polar surface area (TPSA) is 85.9 Å². The van der Waals surface area contributed by atoms with Crippen molar-refractivity contribution in [3.05, 3.63) is 76.3 Å². The lowest BCUT2D eigenvalue weighted by Crippen LogP contribution is -2.28. The number of para-hydroxylation sites is 1. The van der Waals surface area contributed by atoms with Crippen molar-refractivity contribution in [3.63, 3.8) is 0 Å². The smallest absolute Gasteiger partial charge is 0.482 e. The maximum atomic E-state index is 12.8. The first-order valence-corrected chi connectivity index (χ1v) is 11.6. The third-order valence-corrected chi connectivity index (χ3v) is 5.32. The first kappa shape index (κ1) is 27.9. The summed E-state index contributed by atoms with van der Waals surface area (Å²) in [6.45, 7) is 1.93. The highest BCUT2D eigenvalue weighted by molar-refractivity contribution is 6.40. The largest absolute Gasteiger partial charge is 0.573 e. The van der Waals surface area contributed by atoms with Crippen LogP contribution in [0, 0.1) is 0 Å². The van der Waals surface area contributed by atoms with Gasteiger partial charge in [-0.15, -0.1) is 13.2 Å². The molecule has 0 aromatic heterocycles. The molecule has 37 heavy (non-hydrogen) atoms. The Balaban J connectivity index is 1.61. The number of nitrogens with one attached hydrogen (secondary N) is 2. The van der Waals surface area contributed by atoms with Crippen molar-refractivity contribution in [2.75, 3.05) is 18.5 Å². The van der Waals surface area contributed by atoms with E-state index in [-0.39, 0.29) is 46.6 Å². The molecule has 0 aliphatic carbocycles. The Bertz CT molecular complexity index is 1230. The number of hydrogen-bond donors (Lipinski definition) is 2. The molecule has 0 bridgehead atoms. The zero-order valence-electron chi connectivity index (χ0n) is 19.3. The van der Waals surface area contributed by atoms with E-state index in [4.69, 9.17) is 32.7 Å². The summed E-state index contributed by atoms with van der Waals surface area (Å²) in [7, 11) is 0. The lowest BCUT2D eigenvalue weighted by atomic mass is 10.0. The Morgan fingerprint density at radius 1 is 0.973 bits per heavy atom. The number of alkyl halides is 3. The lowest BCUT2D eigenvalue weighted by molar-refractivity contribution is -0.274. The molecule has 0 saturated heterocycles. The minimum Gasteiger partial charge on any atom is -0.482 e. The summed E-state index contributed by atoms with van der Waals surface area (Å²) in [5, 5.41) is 5.26. The summed E-state index contributed by atoms with van der Waals surface area (Å²) < 4.78 is 52.5. The van der Waals surface area contributed by atoms with E-state index in [1.807, 2.05) is 0 Å². The van der Waals surface area contributed by atoms with Gasteiger partial charge in [-0.05, 0) is 42.8 Å². The Morgan fingerprint density at radius 3 is 2.24 bits per heavy atom. The average molecular weight is 557 g/mol. The number of halogens is 5. The monoisotopic (exact) mass is 556 g/mol. The summed E-state index contributed by atoms with van der Waals surface area (Å²) in [4.78, 5) is 23.7. The highest BCUT2D eigenvalue weighted by Gasteiger charge is 2.32. The number of urea groups is 1. The highest BCUT2D eigenvalue weighted by Crippen LogP contribution is 2.42. The summed E-state index contributed by atoms with van der Waals surface area (Å²) in [5.74, 6) is -0.473. The number of ether oxygens (including phenoxy) is 3. The predicted molar refractivity (Wildman–Crippen MR) is 133 cm³/mol. The molecule has 0 saturated carbocycles. The van der Waals surface area contributed by atoms with Crippen LogP contribution in [0.25, 0.3) is 11.1 Å². The van der Waals surface area contributed by atoms with Crippen molar-refractivity contribution in [1.82, 2.24) is 5.32 Å². The van der Waals surface area contributed by atoms with E-state index in [1.54, 1.807) is 31.2 Å². The van der Waals surface area contributed by atoms with Gasteiger partial charge >= 0.3 is 18.4 Å². The number of anilines is 1. The van der Waals surface area contributed by atoms with Crippen LogP contribution in [-0.4, -0.2) is 31.6 Å². The molecule has 0 aliphatic rings. The quantitative estimate of drug-likeness (QED) is 0.282. The molecule has 7 nitrogen and oxygen atoms in total. The molecule has 12 heteroatoms. The number of rotatable bonds is 9. The van der Waals surface area contributed by atoms with E-state index in [9.17, 15) is 22.8 Å². The van der Waals surface area contributed by atoms with Crippen molar-refractivity contribution < 1.29 is 37.0 Å². The van der Waals surface area contributed by atoms with Gasteiger partial charge in [0.1, 0.15) is 11.5 Å². The average Bonchev–Trinajstić information content (AvgIpc) is 2.82. The van der Waals surface area contributed by atoms with Crippen LogP contribution in [0.2, 0.25) is 10.0 Å². The molecule has 0 unspecified atom stereocenters. The molecule has 0 spiro atoms. The summed E-state index contributed by atoms with van der Waals surface area (Å²) in [6, 6.07) is 14.3. The van der Waals surface area contributed by atoms with Crippen molar-refractivity contribution >= 4 is 40.9 Å². The van der Waals surface area contributed by atoms with Gasteiger partial charge in [-0.3, -0.25) is 0 Å². The summed E-state index contributed by atoms with van der Waals surface area (Å²) in [5.41, 5.74) is 1.15. The zero-order valence-corrected chi connectivity index (χ0v) is 20.8. The van der Waals surface area contributed by atoms with Crippen LogP contribution >= 0.6 is 23.2 Å². The Hall–Kier alpha value is -3.63. The number of esters is 1. The molecule has 2 amide bonds. The predicted octanol–water partition coefficient (Wildman–Crippen LogP) is 6.82. The minimum atomic E-state index is -4.90. The fraction of sp³-hybridized carbons (Fsp3) is 0.200. The van der Waals surface area contributed by atoms with Gasteiger partial charge in [-0.25, -0.2) is 9.59 Å². The van der Waals surface area contributed by atoms with Gasteiger partial charge in [0.15, 0.2) is 6.61 Å². The summed E-state index contributed by atoms with van der Waals surface area (Å²) in [6.07, 6.45) is -4.90. The zero-order chi connectivity index (χ0) is 27.0. The normalized spacial score (nSPS) is 11.0. The molecule has 0 atom stereocenters. The molecule has 3 rings (SSSR count). The molecule has 2 N–H and O–H groups in total. The molecule has 0 radical (unpaired) electrons. The first-order chi connectivity index (χ1) is 17.6. The molecule has 3 aromatic carbocycles. The van der Waals surface area contributed by atoms with E-state index in [2.05, 4.69) is 15.4 Å². The van der Waals surface area contributed by atoms with Gasteiger partial charge in [0.05, 0.1) is 16.7 Å². The third-order valence-electron chi connectivity index (χ3n) is 4.72. The molecular weight excluding hydrogens is 536 g/mol. The van der Waals surface area contributed by atoms with Crippen LogP contribution in [0.1, 0.15) is 12.5 Å². The number of carbonyl (C=O) groups excluding carboxylic acids is 2. The standard InChI is InChI=1S/C25H21Cl2F3N2O5/c1-2-35-22(33)14-36-17-9-7-15(8-10-17)13-31-24(34)32-16-11-19(26)23(20(27)12-16)18-5-3-4-6-21(18)37-25(28,29)30/h3-12H,2,13-14H2,1H3,(H2,31,32,34). The van der Waals surface area contributed by atoms with Gasteiger partial charge in [-0.1, -0.05) is 53.5 Å². The van der Waals surface area contributed by atoms with Crippen LogP contribution in [0.3, 0.4) is 0 Å². The van der Waals surface area contributed by atoms with Gasteiger partial charge in [0, 0.05) is 23.4 Å². The fourth-order valence-electron chi connectivity index (χ4n) is 3.20. The number of hydrogen-bond acceptors (Lipinski definition) is 5. The highest BCUT2D eigenvalue weighted by atomic mass is 35.5. The Labute approximate surface area is 220 Å². The second kappa shape index (κ2) is 12.6. The molecule has 0 aliphatic heterocycles. The minimum absolute atomic E-state index is 0.0134. The maximum Gasteiger partial charge on any atom is 0.573 e. The lowest BCUT2D eigenvalue weighted by Gasteiger charge is -2.16. The first-order valence-electron chi connectivity index (χ1n) is 10.8. The van der Waals surface area contributed by atoms with E-state index in [0.29, 0.717) is 5.75 Å². The van der Waals surface area contributed by atoms with Crippen LogP contribution in [-0.2, 0) is 16.1 Å². The second-order valence-electron chi connectivity index (χ2n) is 7.40. The van der Waals surface area contributed by atoms with Crippen LogP contribution in [0.15, 0.2) is 60.7 Å². The van der Waals surface area contributed by atoms with Gasteiger partial charge in [0.2, 0.25) is 0 Å². The van der Waals surface area contributed by atoms with Crippen LogP contribution in [0.4, 0.5) is 23.7 Å². The van der Waals surface area contributed by atoms with E-state index < -0.39 is 24.1 Å². The molecule has 0 heterocycles. The number of benzene rings is 3. The van der Waals surface area contributed by atoms with E-state index in [0.717, 1.165) is 11.6 Å². The van der Waals surface area contributed by atoms with E-state index >= 15 is 0 Å². The van der Waals surface area contributed by atoms with Gasteiger partial charge < -0.3 is 24.8 Å². The molecule has 196 valence electrons. The second-order valence-corrected chi connectivity index (χ2v) is 8.22. The SMILES string of the molecule is CCOC(=O)COc1ccc(CNC(=O)Nc2cc(Cl)c(-c3ccccc3OC(F)(F)F)c(Cl)c2)cc1. The third kappa shape index (κ3) is 8.47. The van der Waals surface area contributed by atoms with Crippen LogP contribution < -0.4 is 20.1 Å². The van der Waals surface area contributed by atoms with Crippen molar-refractivity contribution in [3.8, 4) is 22.6 Å². The number of amides is 2. The van der Waals surface area contributed by atoms with Crippen molar-refractivity contribution in [2.24, 2.45) is 0 Å². The number of carbonyl (C=O) groups is 2. The van der Waals surface area contributed by atoms with Crippen molar-refractivity contribution in [2.45, 2.75) is 19.8 Å². The molecule has 0 fully saturated rings. The van der Waals surface area contributed by atoms with E-state index in [1.165, 1.54) is 30.3 Å². The molecular formula is C25H21Cl2F3N2O5. The fourth-order valence-corrected chi connectivity index (χ4v) is 3.89. The Morgan fingerprint density at radius 2 is 1.62 bits per heavy atom. The van der Waals surface area contributed by atoms with Crippen molar-refractivity contribution in [1.29, 1.82) is 0 Å². The Kier molecular flexibility index (Phi) is 9.48. The molecule has 3 aromatic rings.